The average molecular weight is 399 g/mol. The molecule has 0 fully saturated rings. The fourth-order valence-electron chi connectivity index (χ4n) is 1.57. The summed E-state index contributed by atoms with van der Waals surface area (Å²) in [6.07, 6.45) is 3.91. The Morgan fingerprint density at radius 2 is 2.17 bits per heavy atom. The predicted octanol–water partition coefficient (Wildman–Crippen LogP) is 5.78. The summed E-state index contributed by atoms with van der Waals surface area (Å²) in [5.41, 5.74) is 2.04. The molecule has 8 heteroatoms. The SMILES string of the molecule is C=CC[C@H](C)/C(C)=C/c1csc(COC(=O)OCC(Cl)(Cl)Cl)n1. The third-order valence-electron chi connectivity index (χ3n) is 2.91. The van der Waals surface area contributed by atoms with Gasteiger partial charge in [0.1, 0.15) is 18.2 Å². The molecule has 1 heterocycles. The normalized spacial score (nSPS) is 13.5. The molecule has 0 aromatic carbocycles. The molecule has 1 aromatic heterocycles. The Hall–Kier alpha value is -0.750. The van der Waals surface area contributed by atoms with Gasteiger partial charge in [-0.15, -0.1) is 17.9 Å². The highest BCUT2D eigenvalue weighted by atomic mass is 35.6. The molecule has 0 N–H and O–H groups in total. The van der Waals surface area contributed by atoms with E-state index in [-0.39, 0.29) is 13.2 Å². The van der Waals surface area contributed by atoms with Crippen LogP contribution in [0.1, 0.15) is 31.0 Å². The number of hydrogen-bond donors (Lipinski definition) is 0. The number of hydrogen-bond acceptors (Lipinski definition) is 5. The number of aromatic nitrogens is 1. The molecule has 0 saturated heterocycles. The summed E-state index contributed by atoms with van der Waals surface area (Å²) >= 11 is 17.8. The second-order valence-electron chi connectivity index (χ2n) is 4.92. The van der Waals surface area contributed by atoms with E-state index in [1.54, 1.807) is 0 Å². The van der Waals surface area contributed by atoms with Crippen molar-refractivity contribution in [3.63, 3.8) is 0 Å². The molecule has 128 valence electrons. The van der Waals surface area contributed by atoms with Gasteiger partial charge < -0.3 is 9.47 Å². The fraction of sp³-hybridized carbons (Fsp3) is 0.467. The van der Waals surface area contributed by atoms with Gasteiger partial charge in [0.2, 0.25) is 3.79 Å². The molecule has 1 aromatic rings. The second-order valence-corrected chi connectivity index (χ2v) is 8.38. The molecule has 0 saturated carbocycles. The summed E-state index contributed by atoms with van der Waals surface area (Å²) in [6.45, 7) is 7.56. The van der Waals surface area contributed by atoms with Crippen LogP contribution in [0.2, 0.25) is 0 Å². The molecular weight excluding hydrogens is 381 g/mol. The van der Waals surface area contributed by atoms with Gasteiger partial charge >= 0.3 is 6.16 Å². The van der Waals surface area contributed by atoms with E-state index in [2.05, 4.69) is 30.1 Å². The van der Waals surface area contributed by atoms with Gasteiger partial charge in [-0.2, -0.15) is 0 Å². The molecule has 1 rings (SSSR count). The zero-order valence-corrected chi connectivity index (χ0v) is 15.9. The Morgan fingerprint density at radius 1 is 1.48 bits per heavy atom. The molecule has 0 aliphatic rings. The number of nitrogens with zero attached hydrogens (tertiary/aromatic N) is 1. The van der Waals surface area contributed by atoms with Crippen molar-refractivity contribution in [2.45, 2.75) is 30.7 Å². The van der Waals surface area contributed by atoms with Gasteiger partial charge in [-0.25, -0.2) is 9.78 Å². The molecule has 4 nitrogen and oxygen atoms in total. The standard InChI is InChI=1S/C15H18Cl3NO3S/c1-4-5-10(2)11(3)6-12-8-23-13(19-12)7-21-14(20)22-9-15(16,17)18/h4,6,8,10H,1,5,7,9H2,2-3H3/b11-6+/t10-/m0/s1. The highest BCUT2D eigenvalue weighted by Gasteiger charge is 2.22. The van der Waals surface area contributed by atoms with Gasteiger partial charge in [-0.05, 0) is 25.3 Å². The molecule has 0 bridgehead atoms. The van der Waals surface area contributed by atoms with Crippen LogP contribution in [-0.4, -0.2) is 21.5 Å². The van der Waals surface area contributed by atoms with Crippen LogP contribution in [0.3, 0.4) is 0 Å². The average Bonchev–Trinajstić information content (AvgIpc) is 2.90. The summed E-state index contributed by atoms with van der Waals surface area (Å²) in [7, 11) is 0. The van der Waals surface area contributed by atoms with E-state index < -0.39 is 9.95 Å². The molecule has 0 aliphatic carbocycles. The summed E-state index contributed by atoms with van der Waals surface area (Å²) in [6, 6.07) is 0. The molecule has 0 radical (unpaired) electrons. The minimum absolute atomic E-state index is 0.0124. The van der Waals surface area contributed by atoms with Crippen LogP contribution in [-0.2, 0) is 16.1 Å². The lowest BCUT2D eigenvalue weighted by Gasteiger charge is -2.10. The van der Waals surface area contributed by atoms with Crippen molar-refractivity contribution in [2.75, 3.05) is 6.61 Å². The molecule has 1 atom stereocenters. The monoisotopic (exact) mass is 397 g/mol. The summed E-state index contributed by atoms with van der Waals surface area (Å²) in [5, 5.41) is 2.56. The Morgan fingerprint density at radius 3 is 2.78 bits per heavy atom. The Bertz CT molecular complexity index is 567. The second kappa shape index (κ2) is 9.52. The molecule has 0 amide bonds. The number of ether oxygens (including phenoxy) is 2. The highest BCUT2D eigenvalue weighted by molar-refractivity contribution is 7.09. The number of carbonyl (C=O) groups excluding carboxylic acids is 1. The first-order valence-electron chi connectivity index (χ1n) is 6.81. The van der Waals surface area contributed by atoms with Crippen LogP contribution in [0.5, 0.6) is 0 Å². The number of allylic oxidation sites excluding steroid dienone is 2. The topological polar surface area (TPSA) is 48.4 Å². The molecule has 0 spiro atoms. The lowest BCUT2D eigenvalue weighted by molar-refractivity contribution is 0.0511. The van der Waals surface area contributed by atoms with Gasteiger partial charge in [0.25, 0.3) is 0 Å². The quantitative estimate of drug-likeness (QED) is 0.332. The van der Waals surface area contributed by atoms with E-state index in [4.69, 9.17) is 39.5 Å². The van der Waals surface area contributed by atoms with E-state index >= 15 is 0 Å². The maximum absolute atomic E-state index is 11.3. The first-order chi connectivity index (χ1) is 10.7. The third-order valence-corrected chi connectivity index (χ3v) is 4.08. The van der Waals surface area contributed by atoms with Crippen LogP contribution in [0.25, 0.3) is 6.08 Å². The summed E-state index contributed by atoms with van der Waals surface area (Å²) in [5.74, 6) is 0.408. The molecule has 0 unspecified atom stereocenters. The molecular formula is C15H18Cl3NO3S. The van der Waals surface area contributed by atoms with Crippen molar-refractivity contribution in [1.29, 1.82) is 0 Å². The minimum Gasteiger partial charge on any atom is -0.430 e. The van der Waals surface area contributed by atoms with Crippen LogP contribution in [0, 0.1) is 5.92 Å². The first kappa shape index (κ1) is 20.3. The molecule has 0 aliphatic heterocycles. The summed E-state index contributed by atoms with van der Waals surface area (Å²) < 4.78 is 7.91. The van der Waals surface area contributed by atoms with Gasteiger partial charge in [-0.1, -0.05) is 53.4 Å². The largest absolute Gasteiger partial charge is 0.508 e. The maximum atomic E-state index is 11.3. The predicted molar refractivity (Wildman–Crippen MR) is 96.2 cm³/mol. The third kappa shape index (κ3) is 8.61. The number of alkyl halides is 3. The van der Waals surface area contributed by atoms with Crippen molar-refractivity contribution in [3.05, 3.63) is 34.3 Å². The van der Waals surface area contributed by atoms with E-state index in [0.717, 1.165) is 12.1 Å². The van der Waals surface area contributed by atoms with E-state index in [1.807, 2.05) is 17.5 Å². The number of halogens is 3. The maximum Gasteiger partial charge on any atom is 0.508 e. The fourth-order valence-corrected chi connectivity index (χ4v) is 2.40. The highest BCUT2D eigenvalue weighted by Crippen LogP contribution is 2.26. The zero-order chi connectivity index (χ0) is 17.5. The number of rotatable bonds is 7. The van der Waals surface area contributed by atoms with Crippen LogP contribution >= 0.6 is 46.1 Å². The Balaban J connectivity index is 2.49. The van der Waals surface area contributed by atoms with E-state index in [9.17, 15) is 4.79 Å². The lowest BCUT2D eigenvalue weighted by atomic mass is 9.98. The van der Waals surface area contributed by atoms with Crippen molar-refractivity contribution < 1.29 is 14.3 Å². The van der Waals surface area contributed by atoms with Crippen LogP contribution < -0.4 is 0 Å². The Kier molecular flexibility index (Phi) is 8.40. The number of carbonyl (C=O) groups is 1. The smallest absolute Gasteiger partial charge is 0.430 e. The summed E-state index contributed by atoms with van der Waals surface area (Å²) in [4.78, 5) is 15.7. The van der Waals surface area contributed by atoms with Crippen LogP contribution in [0.4, 0.5) is 4.79 Å². The van der Waals surface area contributed by atoms with Crippen molar-refractivity contribution in [2.24, 2.45) is 5.92 Å². The first-order valence-corrected chi connectivity index (χ1v) is 8.82. The Labute approximate surface area is 155 Å². The minimum atomic E-state index is -1.65. The van der Waals surface area contributed by atoms with Gasteiger partial charge in [0, 0.05) is 5.38 Å². The number of thiazole rings is 1. The van der Waals surface area contributed by atoms with Crippen molar-refractivity contribution in [3.8, 4) is 0 Å². The van der Waals surface area contributed by atoms with Gasteiger partial charge in [0.15, 0.2) is 0 Å². The van der Waals surface area contributed by atoms with E-state index in [0.29, 0.717) is 10.9 Å². The van der Waals surface area contributed by atoms with Gasteiger partial charge in [0.05, 0.1) is 5.69 Å². The van der Waals surface area contributed by atoms with E-state index in [1.165, 1.54) is 16.9 Å². The van der Waals surface area contributed by atoms with Gasteiger partial charge in [-0.3, -0.25) is 0 Å². The lowest BCUT2D eigenvalue weighted by Crippen LogP contribution is -2.17. The van der Waals surface area contributed by atoms with Crippen molar-refractivity contribution in [1.82, 2.24) is 4.98 Å². The zero-order valence-electron chi connectivity index (χ0n) is 12.9. The van der Waals surface area contributed by atoms with Crippen molar-refractivity contribution >= 4 is 58.4 Å². The van der Waals surface area contributed by atoms with Crippen LogP contribution in [0.15, 0.2) is 23.6 Å². The molecule has 23 heavy (non-hydrogen) atoms.